The van der Waals surface area contributed by atoms with Gasteiger partial charge in [0.25, 0.3) is 0 Å². The number of amides is 2. The summed E-state index contributed by atoms with van der Waals surface area (Å²) in [6.07, 6.45) is -0.217. The van der Waals surface area contributed by atoms with Gasteiger partial charge in [0.1, 0.15) is 6.42 Å². The van der Waals surface area contributed by atoms with Crippen molar-refractivity contribution < 1.29 is 29.0 Å². The molecule has 0 aliphatic carbocycles. The van der Waals surface area contributed by atoms with Crippen LogP contribution in [0, 0.1) is 0 Å². The molecule has 0 aromatic heterocycles. The molecule has 2 aromatic carbocycles. The summed E-state index contributed by atoms with van der Waals surface area (Å²) >= 11 is 0. The van der Waals surface area contributed by atoms with E-state index in [4.69, 9.17) is 5.73 Å². The molecule has 1 aliphatic rings. The van der Waals surface area contributed by atoms with Crippen molar-refractivity contribution in [3.8, 4) is 0 Å². The van der Waals surface area contributed by atoms with Gasteiger partial charge in [0.15, 0.2) is 0 Å². The number of nitrogens with zero attached hydrogens (tertiary/aromatic N) is 1. The van der Waals surface area contributed by atoms with E-state index in [0.29, 0.717) is 0 Å². The number of hydrogen-bond donors (Lipinski definition) is 1. The Labute approximate surface area is 141 Å². The van der Waals surface area contributed by atoms with Gasteiger partial charge in [0, 0.05) is 5.69 Å². The van der Waals surface area contributed by atoms with Crippen LogP contribution in [-0.4, -0.2) is 23.8 Å². The van der Waals surface area contributed by atoms with Crippen molar-refractivity contribution in [3.05, 3.63) is 59.7 Å². The lowest BCUT2D eigenvalue weighted by Crippen LogP contribution is -2.49. The Hall–Kier alpha value is -3.68. The third-order valence-electron chi connectivity index (χ3n) is 3.54. The first-order valence-electron chi connectivity index (χ1n) is 7.21. The molecule has 0 unspecified atom stereocenters. The standard InChI is InChI=1S/C17H12N2O6/c18-12-7-3-1-5-10(12)16(22)24-25-17(23)11-6-2-4-8-13(11)19-14(20)9-15(19)21/h1-8H,9,18H2. The molecule has 2 aromatic rings. The predicted molar refractivity (Wildman–Crippen MR) is 85.2 cm³/mol. The van der Waals surface area contributed by atoms with Crippen LogP contribution in [0.4, 0.5) is 11.4 Å². The summed E-state index contributed by atoms with van der Waals surface area (Å²) in [6.45, 7) is 0. The molecule has 2 N–H and O–H groups in total. The van der Waals surface area contributed by atoms with E-state index in [2.05, 4.69) is 9.78 Å². The molecule has 1 fully saturated rings. The maximum absolute atomic E-state index is 12.2. The summed E-state index contributed by atoms with van der Waals surface area (Å²) in [6, 6.07) is 12.0. The molecule has 0 atom stereocenters. The monoisotopic (exact) mass is 340 g/mol. The van der Waals surface area contributed by atoms with Gasteiger partial charge in [-0.2, -0.15) is 0 Å². The molecular weight excluding hydrogens is 328 g/mol. The SMILES string of the molecule is Nc1ccccc1C(=O)OOC(=O)c1ccccc1N1C(=O)CC1=O. The van der Waals surface area contributed by atoms with Crippen molar-refractivity contribution in [2.75, 3.05) is 10.6 Å². The minimum absolute atomic E-state index is 0.0386. The maximum Gasteiger partial charge on any atom is 0.388 e. The van der Waals surface area contributed by atoms with Crippen LogP contribution in [0.15, 0.2) is 48.5 Å². The van der Waals surface area contributed by atoms with Gasteiger partial charge in [-0.3, -0.25) is 9.59 Å². The molecule has 25 heavy (non-hydrogen) atoms. The van der Waals surface area contributed by atoms with Crippen molar-refractivity contribution in [2.45, 2.75) is 6.42 Å². The third-order valence-corrected chi connectivity index (χ3v) is 3.54. The van der Waals surface area contributed by atoms with Gasteiger partial charge in [-0.05, 0) is 24.3 Å². The lowest BCUT2D eigenvalue weighted by atomic mass is 10.1. The predicted octanol–water partition coefficient (Wildman–Crippen LogP) is 1.46. The van der Waals surface area contributed by atoms with Crippen molar-refractivity contribution in [2.24, 2.45) is 0 Å². The van der Waals surface area contributed by atoms with Crippen molar-refractivity contribution in [3.63, 3.8) is 0 Å². The fraction of sp³-hybridized carbons (Fsp3) is 0.0588. The quantitative estimate of drug-likeness (QED) is 0.295. The number of benzene rings is 2. The Kier molecular flexibility index (Phi) is 4.17. The Bertz CT molecular complexity index is 878. The van der Waals surface area contributed by atoms with Crippen LogP contribution in [0.5, 0.6) is 0 Å². The van der Waals surface area contributed by atoms with Crippen molar-refractivity contribution >= 4 is 35.1 Å². The van der Waals surface area contributed by atoms with E-state index < -0.39 is 23.8 Å². The molecule has 1 aliphatic heterocycles. The molecule has 0 saturated carbocycles. The smallest absolute Gasteiger partial charge is 0.388 e. The van der Waals surface area contributed by atoms with E-state index in [1.54, 1.807) is 18.2 Å². The second-order valence-electron chi connectivity index (χ2n) is 5.15. The molecule has 0 radical (unpaired) electrons. The molecule has 126 valence electrons. The molecule has 0 bridgehead atoms. The van der Waals surface area contributed by atoms with Crippen LogP contribution in [0.2, 0.25) is 0 Å². The van der Waals surface area contributed by atoms with E-state index in [9.17, 15) is 19.2 Å². The molecule has 3 rings (SSSR count). The van der Waals surface area contributed by atoms with Crippen molar-refractivity contribution in [1.29, 1.82) is 0 Å². The average molecular weight is 340 g/mol. The van der Waals surface area contributed by atoms with Crippen LogP contribution < -0.4 is 10.6 Å². The van der Waals surface area contributed by atoms with Gasteiger partial charge in [-0.15, -0.1) is 0 Å². The summed E-state index contributed by atoms with van der Waals surface area (Å²) in [5.41, 5.74) is 5.83. The molecule has 0 spiro atoms. The number of β-lactam (4-membered cyclic amide) rings is 2. The zero-order chi connectivity index (χ0) is 18.0. The topological polar surface area (TPSA) is 116 Å². The zero-order valence-corrected chi connectivity index (χ0v) is 12.8. The lowest BCUT2D eigenvalue weighted by Gasteiger charge is -2.29. The summed E-state index contributed by atoms with van der Waals surface area (Å²) < 4.78 is 0. The fourth-order valence-corrected chi connectivity index (χ4v) is 2.29. The van der Waals surface area contributed by atoms with Crippen LogP contribution in [0.1, 0.15) is 27.1 Å². The lowest BCUT2D eigenvalue weighted by molar-refractivity contribution is -0.187. The molecule has 2 amide bonds. The van der Waals surface area contributed by atoms with Gasteiger partial charge in [0.2, 0.25) is 11.8 Å². The van der Waals surface area contributed by atoms with Gasteiger partial charge in [0.05, 0.1) is 16.8 Å². The normalized spacial score (nSPS) is 13.2. The fourth-order valence-electron chi connectivity index (χ4n) is 2.29. The molecule has 1 saturated heterocycles. The highest BCUT2D eigenvalue weighted by molar-refractivity contribution is 6.32. The van der Waals surface area contributed by atoms with Gasteiger partial charge in [-0.25, -0.2) is 24.3 Å². The van der Waals surface area contributed by atoms with E-state index in [1.807, 2.05) is 0 Å². The van der Waals surface area contributed by atoms with E-state index in [0.717, 1.165) is 4.90 Å². The van der Waals surface area contributed by atoms with Crippen LogP contribution in [-0.2, 0) is 19.4 Å². The molecule has 8 nitrogen and oxygen atoms in total. The number of nitrogens with two attached hydrogens (primary N) is 1. The second kappa shape index (κ2) is 6.44. The largest absolute Gasteiger partial charge is 0.398 e. The first-order chi connectivity index (χ1) is 12.0. The summed E-state index contributed by atoms with van der Waals surface area (Å²) in [5, 5.41) is 0. The van der Waals surface area contributed by atoms with Gasteiger partial charge in [-0.1, -0.05) is 24.3 Å². The number of carbonyl (C=O) groups is 4. The molecule has 1 heterocycles. The Morgan fingerprint density at radius 3 is 1.96 bits per heavy atom. The highest BCUT2D eigenvalue weighted by atomic mass is 17.2. The van der Waals surface area contributed by atoms with Crippen LogP contribution in [0.3, 0.4) is 0 Å². The summed E-state index contributed by atoms with van der Waals surface area (Å²) in [5.74, 6) is -2.83. The number of rotatable bonds is 3. The number of para-hydroxylation sites is 2. The summed E-state index contributed by atoms with van der Waals surface area (Å²) in [7, 11) is 0. The zero-order valence-electron chi connectivity index (χ0n) is 12.8. The Balaban J connectivity index is 1.74. The van der Waals surface area contributed by atoms with E-state index in [1.165, 1.54) is 30.3 Å². The first kappa shape index (κ1) is 16.2. The first-order valence-corrected chi connectivity index (χ1v) is 7.21. The number of imide groups is 1. The van der Waals surface area contributed by atoms with Crippen LogP contribution in [0.25, 0.3) is 0 Å². The van der Waals surface area contributed by atoms with E-state index in [-0.39, 0.29) is 28.9 Å². The highest BCUT2D eigenvalue weighted by Gasteiger charge is 2.38. The van der Waals surface area contributed by atoms with Gasteiger partial charge >= 0.3 is 11.9 Å². The van der Waals surface area contributed by atoms with E-state index >= 15 is 0 Å². The number of hydrogen-bond acceptors (Lipinski definition) is 7. The Morgan fingerprint density at radius 1 is 0.840 bits per heavy atom. The molecular formula is C17H12N2O6. The van der Waals surface area contributed by atoms with Gasteiger partial charge < -0.3 is 5.73 Å². The number of carbonyl (C=O) groups excluding carboxylic acids is 4. The van der Waals surface area contributed by atoms with Crippen molar-refractivity contribution in [1.82, 2.24) is 0 Å². The average Bonchev–Trinajstić information content (AvgIpc) is 2.60. The maximum atomic E-state index is 12.2. The van der Waals surface area contributed by atoms with Crippen LogP contribution >= 0.6 is 0 Å². The molecule has 8 heteroatoms. The minimum Gasteiger partial charge on any atom is -0.398 e. The minimum atomic E-state index is -1.02. The Morgan fingerprint density at radius 2 is 1.36 bits per heavy atom. The number of nitrogen functional groups attached to an aromatic ring is 1. The number of anilines is 2. The third kappa shape index (κ3) is 3.05. The second-order valence-corrected chi connectivity index (χ2v) is 5.15. The highest BCUT2D eigenvalue weighted by Crippen LogP contribution is 2.27. The summed E-state index contributed by atoms with van der Waals surface area (Å²) in [4.78, 5) is 57.1.